The standard InChI is InChI=1S/C17H22Cl2N4O2/c1-17(2,3)25-16(24)22-8-6-21(7-9-22)14-11-23(19)10-13-12(14)4-5-20-15(13)18/h4-5,11H,6-10H2,1-3H3. The molecule has 0 N–H and O–H groups in total. The fourth-order valence-corrected chi connectivity index (χ4v) is 3.39. The summed E-state index contributed by atoms with van der Waals surface area (Å²) >= 11 is 12.5. The minimum absolute atomic E-state index is 0.267. The summed E-state index contributed by atoms with van der Waals surface area (Å²) in [6.45, 7) is 8.74. The lowest BCUT2D eigenvalue weighted by Gasteiger charge is -2.39. The average Bonchev–Trinajstić information content (AvgIpc) is 2.54. The second kappa shape index (κ2) is 6.92. The molecule has 136 valence electrons. The number of hydrogen-bond donors (Lipinski definition) is 0. The largest absolute Gasteiger partial charge is 0.444 e. The number of amides is 1. The highest BCUT2D eigenvalue weighted by atomic mass is 35.5. The van der Waals surface area contributed by atoms with Crippen molar-refractivity contribution in [3.63, 3.8) is 0 Å². The van der Waals surface area contributed by atoms with Crippen LogP contribution in [0, 0.1) is 0 Å². The van der Waals surface area contributed by atoms with Gasteiger partial charge in [-0.2, -0.15) is 0 Å². The minimum Gasteiger partial charge on any atom is -0.444 e. The van der Waals surface area contributed by atoms with E-state index in [2.05, 4.69) is 9.88 Å². The Bertz CT molecular complexity index is 694. The highest BCUT2D eigenvalue weighted by Crippen LogP contribution is 2.33. The molecule has 6 nitrogen and oxygen atoms in total. The van der Waals surface area contributed by atoms with Gasteiger partial charge in [-0.05, 0) is 26.8 Å². The summed E-state index contributed by atoms with van der Waals surface area (Å²) in [5.74, 6) is 0. The molecular formula is C17H22Cl2N4O2. The van der Waals surface area contributed by atoms with Gasteiger partial charge in [0.2, 0.25) is 0 Å². The van der Waals surface area contributed by atoms with Gasteiger partial charge in [0.05, 0.1) is 12.2 Å². The molecule has 1 amide bonds. The lowest BCUT2D eigenvalue weighted by atomic mass is 10.0. The van der Waals surface area contributed by atoms with E-state index in [-0.39, 0.29) is 6.09 Å². The molecule has 3 heterocycles. The molecule has 3 rings (SSSR count). The molecule has 25 heavy (non-hydrogen) atoms. The van der Waals surface area contributed by atoms with Crippen LogP contribution in [0.4, 0.5) is 4.79 Å². The molecule has 2 aliphatic heterocycles. The van der Waals surface area contributed by atoms with E-state index < -0.39 is 5.60 Å². The van der Waals surface area contributed by atoms with Crippen LogP contribution in [0.3, 0.4) is 0 Å². The van der Waals surface area contributed by atoms with Crippen LogP contribution in [0.25, 0.3) is 5.70 Å². The molecule has 2 aliphatic rings. The Hall–Kier alpha value is -1.66. The molecule has 1 fully saturated rings. The average molecular weight is 385 g/mol. The number of carbonyl (C=O) groups excluding carboxylic acids is 1. The Labute approximate surface area is 158 Å². The monoisotopic (exact) mass is 384 g/mol. The molecule has 1 aromatic rings. The molecule has 0 bridgehead atoms. The van der Waals surface area contributed by atoms with E-state index >= 15 is 0 Å². The van der Waals surface area contributed by atoms with Crippen LogP contribution in [-0.4, -0.2) is 57.1 Å². The van der Waals surface area contributed by atoms with Crippen molar-refractivity contribution in [3.05, 3.63) is 34.7 Å². The fourth-order valence-electron chi connectivity index (χ4n) is 2.96. The van der Waals surface area contributed by atoms with E-state index in [9.17, 15) is 4.79 Å². The van der Waals surface area contributed by atoms with Gasteiger partial charge in [0.1, 0.15) is 10.8 Å². The number of ether oxygens (including phenoxy) is 1. The maximum Gasteiger partial charge on any atom is 0.410 e. The van der Waals surface area contributed by atoms with Crippen LogP contribution < -0.4 is 0 Å². The summed E-state index contributed by atoms with van der Waals surface area (Å²) in [6.07, 6.45) is 3.34. The van der Waals surface area contributed by atoms with Gasteiger partial charge in [0.15, 0.2) is 0 Å². The SMILES string of the molecule is CC(C)(C)OC(=O)N1CCN(C2=CN(Cl)Cc3c2ccnc3Cl)CC1. The second-order valence-corrected chi connectivity index (χ2v) is 7.95. The van der Waals surface area contributed by atoms with Gasteiger partial charge < -0.3 is 14.5 Å². The summed E-state index contributed by atoms with van der Waals surface area (Å²) in [7, 11) is 0. The summed E-state index contributed by atoms with van der Waals surface area (Å²) in [5.41, 5.74) is 2.49. The molecule has 0 unspecified atom stereocenters. The van der Waals surface area contributed by atoms with E-state index in [1.165, 1.54) is 0 Å². The van der Waals surface area contributed by atoms with Crippen LogP contribution >= 0.6 is 23.4 Å². The van der Waals surface area contributed by atoms with Crippen molar-refractivity contribution in [2.75, 3.05) is 26.2 Å². The summed E-state index contributed by atoms with van der Waals surface area (Å²) in [6, 6.07) is 1.96. The van der Waals surface area contributed by atoms with Crippen molar-refractivity contribution in [1.29, 1.82) is 0 Å². The zero-order valence-corrected chi connectivity index (χ0v) is 16.1. The van der Waals surface area contributed by atoms with Crippen molar-refractivity contribution in [1.82, 2.24) is 19.2 Å². The molecule has 1 aromatic heterocycles. The van der Waals surface area contributed by atoms with Gasteiger partial charge in [-0.25, -0.2) is 9.78 Å². The van der Waals surface area contributed by atoms with Gasteiger partial charge >= 0.3 is 6.09 Å². The highest BCUT2D eigenvalue weighted by molar-refractivity contribution is 6.30. The van der Waals surface area contributed by atoms with Crippen molar-refractivity contribution >= 4 is 35.2 Å². The number of hydrogen-bond acceptors (Lipinski definition) is 5. The maximum absolute atomic E-state index is 12.2. The van der Waals surface area contributed by atoms with Crippen LogP contribution in [0.2, 0.25) is 5.15 Å². The first-order valence-electron chi connectivity index (χ1n) is 8.25. The summed E-state index contributed by atoms with van der Waals surface area (Å²) < 4.78 is 7.03. The van der Waals surface area contributed by atoms with Crippen LogP contribution in [0.5, 0.6) is 0 Å². The third-order valence-corrected chi connectivity index (χ3v) is 4.67. The van der Waals surface area contributed by atoms with E-state index in [0.717, 1.165) is 16.8 Å². The molecule has 0 spiro atoms. The Morgan fingerprint density at radius 1 is 1.24 bits per heavy atom. The molecule has 0 saturated carbocycles. The molecule has 0 atom stereocenters. The number of aromatic nitrogens is 1. The van der Waals surface area contributed by atoms with E-state index in [1.807, 2.05) is 33.0 Å². The second-order valence-electron chi connectivity index (χ2n) is 7.15. The van der Waals surface area contributed by atoms with Crippen molar-refractivity contribution < 1.29 is 9.53 Å². The predicted octanol–water partition coefficient (Wildman–Crippen LogP) is 3.56. The van der Waals surface area contributed by atoms with Gasteiger partial charge in [0, 0.05) is 61.5 Å². The number of pyridine rings is 1. The first-order chi connectivity index (χ1) is 11.7. The number of carbonyl (C=O) groups is 1. The zero-order valence-electron chi connectivity index (χ0n) is 14.6. The first kappa shape index (κ1) is 18.1. The normalized spacial score (nSPS) is 18.0. The van der Waals surface area contributed by atoms with Crippen molar-refractivity contribution in [3.8, 4) is 0 Å². The molecular weight excluding hydrogens is 363 g/mol. The lowest BCUT2D eigenvalue weighted by Crippen LogP contribution is -2.49. The number of piperazine rings is 1. The molecule has 8 heteroatoms. The van der Waals surface area contributed by atoms with Gasteiger partial charge in [-0.15, -0.1) is 0 Å². The first-order valence-corrected chi connectivity index (χ1v) is 8.97. The number of halogens is 2. The van der Waals surface area contributed by atoms with Crippen molar-refractivity contribution in [2.45, 2.75) is 32.9 Å². The predicted molar refractivity (Wildman–Crippen MR) is 98.0 cm³/mol. The van der Waals surface area contributed by atoms with Gasteiger partial charge in [0.25, 0.3) is 0 Å². The molecule has 0 radical (unpaired) electrons. The van der Waals surface area contributed by atoms with Crippen LogP contribution in [0.15, 0.2) is 18.5 Å². The lowest BCUT2D eigenvalue weighted by molar-refractivity contribution is 0.0181. The third kappa shape index (κ3) is 4.12. The quantitative estimate of drug-likeness (QED) is 0.547. The van der Waals surface area contributed by atoms with Crippen molar-refractivity contribution in [2.24, 2.45) is 0 Å². The van der Waals surface area contributed by atoms with Crippen LogP contribution in [-0.2, 0) is 11.3 Å². The van der Waals surface area contributed by atoms with Gasteiger partial charge in [-0.3, -0.25) is 4.42 Å². The smallest absolute Gasteiger partial charge is 0.410 e. The Morgan fingerprint density at radius 3 is 2.56 bits per heavy atom. The highest BCUT2D eigenvalue weighted by Gasteiger charge is 2.29. The number of fused-ring (bicyclic) bond motifs is 1. The summed E-state index contributed by atoms with van der Waals surface area (Å²) in [4.78, 5) is 20.3. The summed E-state index contributed by atoms with van der Waals surface area (Å²) in [5, 5.41) is 0.473. The maximum atomic E-state index is 12.2. The molecule has 0 aliphatic carbocycles. The van der Waals surface area contributed by atoms with Crippen LogP contribution in [0.1, 0.15) is 31.9 Å². The van der Waals surface area contributed by atoms with E-state index in [0.29, 0.717) is 37.9 Å². The minimum atomic E-state index is -0.484. The van der Waals surface area contributed by atoms with Gasteiger partial charge in [-0.1, -0.05) is 11.6 Å². The van der Waals surface area contributed by atoms with E-state index in [1.54, 1.807) is 15.5 Å². The molecule has 1 saturated heterocycles. The molecule has 0 aromatic carbocycles. The number of nitrogens with zero attached hydrogens (tertiary/aromatic N) is 4. The Kier molecular flexibility index (Phi) is 5.02. The zero-order chi connectivity index (χ0) is 18.2. The van der Waals surface area contributed by atoms with E-state index in [4.69, 9.17) is 28.1 Å². The topological polar surface area (TPSA) is 48.9 Å². The Balaban J connectivity index is 1.71. The fraction of sp³-hybridized carbons (Fsp3) is 0.529. The Morgan fingerprint density at radius 2 is 1.92 bits per heavy atom. The third-order valence-electron chi connectivity index (χ3n) is 4.12. The number of rotatable bonds is 1.